The highest BCUT2D eigenvalue weighted by atomic mass is 16.5. The number of esters is 1. The van der Waals surface area contributed by atoms with Gasteiger partial charge in [0.2, 0.25) is 5.91 Å². The van der Waals surface area contributed by atoms with Crippen LogP contribution in [0.5, 0.6) is 0 Å². The summed E-state index contributed by atoms with van der Waals surface area (Å²) in [6.07, 6.45) is 16.9. The minimum Gasteiger partial charge on any atom is -0.462 e. The van der Waals surface area contributed by atoms with E-state index in [0.717, 1.165) is 104 Å². The molecule has 1 aromatic rings. The third-order valence-corrected chi connectivity index (χ3v) is 22.6. The number of nitrogens with zero attached hydrogens (tertiary/aromatic N) is 3. The van der Waals surface area contributed by atoms with E-state index in [1.165, 1.54) is 56.9 Å². The van der Waals surface area contributed by atoms with Crippen LogP contribution in [0.2, 0.25) is 0 Å². The topological polar surface area (TPSA) is 96.5 Å². The Kier molecular flexibility index (Phi) is 12.7. The van der Waals surface area contributed by atoms with Crippen molar-refractivity contribution in [1.82, 2.24) is 14.7 Å². The number of fused-ring (bicyclic) bond motifs is 7. The molecule has 7 saturated carbocycles. The average molecular weight is 896 g/mol. The number of benzene rings is 1. The zero-order valence-corrected chi connectivity index (χ0v) is 41.8. The average Bonchev–Trinajstić information content (AvgIpc) is 3.91. The van der Waals surface area contributed by atoms with Crippen molar-refractivity contribution in [1.29, 1.82) is 0 Å². The van der Waals surface area contributed by atoms with Gasteiger partial charge < -0.3 is 14.4 Å². The highest BCUT2D eigenvalue weighted by molar-refractivity contribution is 5.84. The van der Waals surface area contributed by atoms with Crippen LogP contribution in [-0.2, 0) is 35.1 Å². The molecule has 7 aliphatic carbocycles. The largest absolute Gasteiger partial charge is 0.462 e. The first-order valence-electron chi connectivity index (χ1n) is 26.4. The molecule has 2 heterocycles. The Morgan fingerprint density at radius 3 is 1.98 bits per heavy atom. The molecule has 65 heavy (non-hydrogen) atoms. The second kappa shape index (κ2) is 17.4. The Balaban J connectivity index is 0.00000173. The van der Waals surface area contributed by atoms with Crippen LogP contribution in [0.1, 0.15) is 144 Å². The van der Waals surface area contributed by atoms with Gasteiger partial charge in [-0.2, -0.15) is 9.59 Å². The molecule has 9 heteroatoms. The van der Waals surface area contributed by atoms with Crippen molar-refractivity contribution in [2.45, 2.75) is 151 Å². The van der Waals surface area contributed by atoms with Crippen molar-refractivity contribution in [3.8, 4) is 0 Å². The number of hydrogen-bond acceptors (Lipinski definition) is 8. The minimum atomic E-state index is -0.165. The van der Waals surface area contributed by atoms with Gasteiger partial charge in [-0.25, -0.2) is 0 Å². The lowest BCUT2D eigenvalue weighted by atomic mass is 9.32. The van der Waals surface area contributed by atoms with Crippen molar-refractivity contribution in [3.63, 3.8) is 0 Å². The second-order valence-corrected chi connectivity index (χ2v) is 25.6. The summed E-state index contributed by atoms with van der Waals surface area (Å²) in [6, 6.07) is 10.8. The number of rotatable bonds is 9. The van der Waals surface area contributed by atoms with E-state index in [2.05, 4.69) is 100 Å². The molecular weight excluding hydrogens is 811 g/mol. The number of piperazine rings is 1. The number of carbonyl (C=O) groups is 2. The van der Waals surface area contributed by atoms with Crippen molar-refractivity contribution in [2.75, 3.05) is 65.6 Å². The van der Waals surface area contributed by atoms with Gasteiger partial charge in [0.25, 0.3) is 0 Å². The van der Waals surface area contributed by atoms with Crippen LogP contribution >= 0.6 is 0 Å². The van der Waals surface area contributed by atoms with E-state index >= 15 is 4.79 Å². The first-order valence-corrected chi connectivity index (χ1v) is 26.4. The van der Waals surface area contributed by atoms with Gasteiger partial charge in [-0.15, -0.1) is 0 Å². The standard InChI is InChI=1S/C55H85N3O4.CO2/c1-49(2)39(36-38-12-10-9-11-13-38)37-42(49)47(59)62-45-18-19-52(6)43(50(45,3)4)17-20-54(8)44(52)15-14-41-46-40(51(5)22-23-51)16-21-55(46,25-24-53(41,54)7)48(60)58-30-28-56(29-31-58)26-27-57-32-34-61-35-33-57;2-1-3/h9-13,39-46H,14-37H2,1-8H3;/t39-,40-,41-,42-,43+,44-,45+,46-,52+,53-,54-,55+;/m1./s1. The van der Waals surface area contributed by atoms with E-state index in [0.29, 0.717) is 46.8 Å². The van der Waals surface area contributed by atoms with E-state index in [4.69, 9.17) is 19.1 Å². The van der Waals surface area contributed by atoms with E-state index in [1.807, 2.05) is 0 Å². The summed E-state index contributed by atoms with van der Waals surface area (Å²) in [7, 11) is 0. The van der Waals surface area contributed by atoms with Gasteiger partial charge in [-0.05, 0) is 158 Å². The maximum absolute atomic E-state index is 15.4. The molecule has 2 saturated heterocycles. The van der Waals surface area contributed by atoms with Crippen molar-refractivity contribution >= 4 is 18.0 Å². The number of hydrogen-bond donors (Lipinski definition) is 0. The van der Waals surface area contributed by atoms with Crippen LogP contribution in [0, 0.1) is 79.3 Å². The van der Waals surface area contributed by atoms with Gasteiger partial charge in [-0.1, -0.05) is 85.7 Å². The predicted octanol–water partition coefficient (Wildman–Crippen LogP) is 9.58. The fraction of sp³-hybridized carbons (Fsp3) is 0.839. The molecule has 0 radical (unpaired) electrons. The number of morpholine rings is 1. The molecule has 9 aliphatic rings. The summed E-state index contributed by atoms with van der Waals surface area (Å²) >= 11 is 0. The minimum absolute atomic E-state index is 0.0111. The van der Waals surface area contributed by atoms with Crippen LogP contribution in [0.3, 0.4) is 0 Å². The summed E-state index contributed by atoms with van der Waals surface area (Å²) in [5, 5.41) is 0. The normalized spacial score (nSPS) is 42.6. The summed E-state index contributed by atoms with van der Waals surface area (Å²) in [6.45, 7) is 30.2. The Morgan fingerprint density at radius 2 is 1.34 bits per heavy atom. The SMILES string of the molecule is CC1([C@@H]2CC[C@]3(C(=O)N4CCN(CCN5CCOCC5)CC4)CC[C@]4(C)[C@H](CC[C@@H]5[C@@]6(C)CC[C@H](OC(=O)[C@H]7C[C@@H](Cc8ccccc8)C7(C)C)C(C)(C)[C@@H]6CC[C@]54C)[C@@H]23)CC1.O=C=O. The first kappa shape index (κ1) is 47.5. The highest BCUT2D eigenvalue weighted by Gasteiger charge is 2.74. The lowest BCUT2D eigenvalue weighted by molar-refractivity contribution is -0.253. The molecule has 0 unspecified atom stereocenters. The van der Waals surface area contributed by atoms with E-state index in [1.54, 1.807) is 0 Å². The Bertz CT molecular complexity index is 1930. The summed E-state index contributed by atoms with van der Waals surface area (Å²) in [5.41, 5.74) is 2.26. The van der Waals surface area contributed by atoms with Crippen molar-refractivity contribution in [2.24, 2.45) is 79.3 Å². The number of amides is 1. The van der Waals surface area contributed by atoms with Crippen molar-refractivity contribution < 1.29 is 28.7 Å². The third kappa shape index (κ3) is 7.83. The van der Waals surface area contributed by atoms with E-state index in [-0.39, 0.29) is 56.6 Å². The van der Waals surface area contributed by atoms with Gasteiger partial charge in [0, 0.05) is 57.8 Å². The van der Waals surface area contributed by atoms with Gasteiger partial charge in [0.05, 0.1) is 24.5 Å². The fourth-order valence-corrected chi connectivity index (χ4v) is 18.0. The van der Waals surface area contributed by atoms with Gasteiger partial charge in [0.1, 0.15) is 6.10 Å². The van der Waals surface area contributed by atoms with Crippen LogP contribution in [-0.4, -0.2) is 104 Å². The monoisotopic (exact) mass is 896 g/mol. The second-order valence-electron chi connectivity index (χ2n) is 25.6. The molecule has 0 N–H and O–H groups in total. The molecule has 2 aliphatic heterocycles. The molecule has 1 aromatic carbocycles. The number of ether oxygens (including phenoxy) is 2. The van der Waals surface area contributed by atoms with Gasteiger partial charge >= 0.3 is 12.1 Å². The summed E-state index contributed by atoms with van der Waals surface area (Å²) < 4.78 is 12.3. The van der Waals surface area contributed by atoms with Crippen LogP contribution in [0.25, 0.3) is 0 Å². The third-order valence-electron chi connectivity index (χ3n) is 22.6. The van der Waals surface area contributed by atoms with E-state index < -0.39 is 0 Å². The van der Waals surface area contributed by atoms with Crippen LogP contribution in [0.4, 0.5) is 0 Å². The zero-order chi connectivity index (χ0) is 46.2. The summed E-state index contributed by atoms with van der Waals surface area (Å²) in [4.78, 5) is 53.3. The molecule has 10 rings (SSSR count). The Morgan fingerprint density at radius 1 is 0.677 bits per heavy atom. The maximum atomic E-state index is 15.4. The molecule has 9 fully saturated rings. The fourth-order valence-electron chi connectivity index (χ4n) is 18.0. The van der Waals surface area contributed by atoms with Gasteiger partial charge in [0.15, 0.2) is 0 Å². The molecule has 360 valence electrons. The Hall–Kier alpha value is -2.58. The lowest BCUT2D eigenvalue weighted by Crippen LogP contribution is -2.68. The predicted molar refractivity (Wildman–Crippen MR) is 252 cm³/mol. The van der Waals surface area contributed by atoms with Crippen LogP contribution in [0.15, 0.2) is 30.3 Å². The van der Waals surface area contributed by atoms with Crippen LogP contribution < -0.4 is 0 Å². The highest BCUT2D eigenvalue weighted by Crippen LogP contribution is 2.79. The van der Waals surface area contributed by atoms with Gasteiger partial charge in [-0.3, -0.25) is 19.4 Å². The first-order chi connectivity index (χ1) is 30.9. The number of carbonyl (C=O) groups excluding carboxylic acids is 4. The Labute approximate surface area is 392 Å². The molecule has 12 atom stereocenters. The maximum Gasteiger partial charge on any atom is 0.373 e. The zero-order valence-electron chi connectivity index (χ0n) is 41.8. The molecule has 0 aromatic heterocycles. The van der Waals surface area contributed by atoms with E-state index in [9.17, 15) is 4.79 Å². The molecule has 0 bridgehead atoms. The summed E-state index contributed by atoms with van der Waals surface area (Å²) in [5.74, 6) is 4.18. The molecule has 0 spiro atoms. The van der Waals surface area contributed by atoms with Crippen molar-refractivity contribution in [3.05, 3.63) is 35.9 Å². The quantitative estimate of drug-likeness (QED) is 0.226. The molecule has 1 amide bonds. The molecule has 9 nitrogen and oxygen atoms in total. The lowest BCUT2D eigenvalue weighted by Gasteiger charge is -2.73. The smallest absolute Gasteiger partial charge is 0.373 e. The molecular formula is C56H85N3O6.